The number of carbonyl (C=O) groups excluding carboxylic acids is 1. The summed E-state index contributed by atoms with van der Waals surface area (Å²) in [5.41, 5.74) is 14.8. The average molecular weight is 474 g/mol. The van der Waals surface area contributed by atoms with Gasteiger partial charge in [-0.25, -0.2) is 5.10 Å². The number of H-pyrrole nitrogens is 1. The van der Waals surface area contributed by atoms with E-state index in [1.807, 2.05) is 32.0 Å². The lowest BCUT2D eigenvalue weighted by molar-refractivity contribution is -0.118. The summed E-state index contributed by atoms with van der Waals surface area (Å²) in [6, 6.07) is 7.45. The van der Waals surface area contributed by atoms with Gasteiger partial charge in [0, 0.05) is 17.0 Å². The van der Waals surface area contributed by atoms with Crippen LogP contribution in [0.5, 0.6) is 0 Å². The molecule has 1 amide bonds. The number of aromatic nitrogens is 2. The van der Waals surface area contributed by atoms with Crippen LogP contribution in [0.1, 0.15) is 48.1 Å². The van der Waals surface area contributed by atoms with E-state index < -0.39 is 11.5 Å². The van der Waals surface area contributed by atoms with Gasteiger partial charge in [-0.05, 0) is 51.7 Å². The number of nitrogen functional groups attached to an aromatic ring is 2. The second-order valence-electron chi connectivity index (χ2n) is 8.83. The molecule has 10 nitrogen and oxygen atoms in total. The van der Waals surface area contributed by atoms with Crippen molar-refractivity contribution in [3.63, 3.8) is 0 Å². The molecule has 3 aromatic rings. The molecule has 1 aromatic carbocycles. The molecule has 2 aromatic heterocycles. The first-order valence-electron chi connectivity index (χ1n) is 11.3. The number of anilines is 2. The molecule has 2 heterocycles. The van der Waals surface area contributed by atoms with Crippen LogP contribution >= 0.6 is 0 Å². The molecule has 180 valence electrons. The lowest BCUT2D eigenvalue weighted by Gasteiger charge is -2.27. The monoisotopic (exact) mass is 473 g/mol. The van der Waals surface area contributed by atoms with E-state index in [-0.39, 0.29) is 34.7 Å². The van der Waals surface area contributed by atoms with Gasteiger partial charge in [0.25, 0.3) is 11.5 Å². The van der Waals surface area contributed by atoms with Gasteiger partial charge in [-0.1, -0.05) is 18.2 Å². The number of aryl methyl sites for hydroxylation is 2. The standard InChI is InChI=1S/C25H27N7O3/c1-12-4-9-18-17(10-12)14(3)22(35-18)21(19-20(27)25(34)32-31-23(19)28)29-15-5-7-16(8-6-15)30-24(33)13(2)11-26/h4,9-10,15-16H,2,5-8H2,1,3H3,(H,30,33)(H,32,34)(H4,27,28,31). The van der Waals surface area contributed by atoms with Crippen LogP contribution in [0.25, 0.3) is 11.0 Å². The van der Waals surface area contributed by atoms with Crippen LogP contribution in [-0.2, 0) is 4.79 Å². The Morgan fingerprint density at radius 3 is 2.69 bits per heavy atom. The molecular formula is C25H27N7O3. The quantitative estimate of drug-likeness (QED) is 0.250. The number of aliphatic imine (C=N–C) groups is 1. The van der Waals surface area contributed by atoms with Crippen LogP contribution in [0.4, 0.5) is 11.5 Å². The van der Waals surface area contributed by atoms with Crippen molar-refractivity contribution < 1.29 is 9.21 Å². The lowest BCUT2D eigenvalue weighted by atomic mass is 9.90. The number of nitrogens with zero attached hydrogens (tertiary/aromatic N) is 3. The molecule has 0 aliphatic heterocycles. The van der Waals surface area contributed by atoms with Crippen molar-refractivity contribution in [1.29, 1.82) is 5.26 Å². The first kappa shape index (κ1) is 23.8. The predicted octanol–water partition coefficient (Wildman–Crippen LogP) is 2.64. The van der Waals surface area contributed by atoms with Gasteiger partial charge >= 0.3 is 0 Å². The first-order chi connectivity index (χ1) is 16.7. The second-order valence-corrected chi connectivity index (χ2v) is 8.83. The zero-order chi connectivity index (χ0) is 25.3. The van der Waals surface area contributed by atoms with Gasteiger partial charge in [-0.2, -0.15) is 10.4 Å². The number of hydrogen-bond donors (Lipinski definition) is 4. The summed E-state index contributed by atoms with van der Waals surface area (Å²) in [6.45, 7) is 7.38. The molecule has 0 atom stereocenters. The Bertz CT molecular complexity index is 1450. The lowest BCUT2D eigenvalue weighted by Crippen LogP contribution is -2.39. The highest BCUT2D eigenvalue weighted by Crippen LogP contribution is 2.32. The van der Waals surface area contributed by atoms with Gasteiger partial charge < -0.3 is 21.2 Å². The van der Waals surface area contributed by atoms with Gasteiger partial charge in [0.05, 0.1) is 11.6 Å². The van der Waals surface area contributed by atoms with E-state index in [4.69, 9.17) is 26.1 Å². The Kier molecular flexibility index (Phi) is 6.42. The molecule has 1 aliphatic carbocycles. The SMILES string of the molecule is C=C(C#N)C(=O)NC1CCC(N=C(c2oc3ccc(C)cc3c2C)c2c(N)n[nH]c(=O)c2N)CC1. The largest absolute Gasteiger partial charge is 0.454 e. The van der Waals surface area contributed by atoms with Crippen molar-refractivity contribution in [2.45, 2.75) is 51.6 Å². The van der Waals surface area contributed by atoms with Crippen molar-refractivity contribution in [1.82, 2.24) is 15.5 Å². The Hall–Kier alpha value is -4.39. The van der Waals surface area contributed by atoms with Crippen LogP contribution in [-0.4, -0.2) is 33.9 Å². The number of nitrogens with one attached hydrogen (secondary N) is 2. The normalized spacial score (nSPS) is 18.3. The van der Waals surface area contributed by atoms with E-state index in [2.05, 4.69) is 22.1 Å². The number of nitriles is 1. The highest BCUT2D eigenvalue weighted by atomic mass is 16.3. The van der Waals surface area contributed by atoms with Crippen molar-refractivity contribution in [3.8, 4) is 6.07 Å². The second kappa shape index (κ2) is 9.46. The molecule has 0 bridgehead atoms. The van der Waals surface area contributed by atoms with Gasteiger partial charge in [-0.15, -0.1) is 0 Å². The number of rotatable bonds is 5. The molecule has 0 unspecified atom stereocenters. The van der Waals surface area contributed by atoms with E-state index in [1.165, 1.54) is 0 Å². The molecule has 10 heteroatoms. The number of carbonyl (C=O) groups is 1. The third kappa shape index (κ3) is 4.66. The van der Waals surface area contributed by atoms with E-state index in [9.17, 15) is 9.59 Å². The zero-order valence-electron chi connectivity index (χ0n) is 19.6. The fraction of sp³-hybridized carbons (Fsp3) is 0.320. The maximum Gasteiger partial charge on any atom is 0.288 e. The van der Waals surface area contributed by atoms with E-state index in [0.29, 0.717) is 42.7 Å². The fourth-order valence-corrected chi connectivity index (χ4v) is 4.38. The number of hydrogen-bond acceptors (Lipinski definition) is 8. The molecule has 1 saturated carbocycles. The summed E-state index contributed by atoms with van der Waals surface area (Å²) in [5.74, 6) is 0.0773. The van der Waals surface area contributed by atoms with Crippen LogP contribution < -0.4 is 22.3 Å². The Morgan fingerprint density at radius 1 is 1.29 bits per heavy atom. The molecule has 0 spiro atoms. The summed E-state index contributed by atoms with van der Waals surface area (Å²) >= 11 is 0. The summed E-state index contributed by atoms with van der Waals surface area (Å²) in [7, 11) is 0. The number of fused-ring (bicyclic) bond motifs is 1. The highest BCUT2D eigenvalue weighted by molar-refractivity contribution is 6.18. The summed E-state index contributed by atoms with van der Waals surface area (Å²) in [5, 5.41) is 18.8. The summed E-state index contributed by atoms with van der Waals surface area (Å²) in [4.78, 5) is 29.2. The number of furan rings is 1. The molecule has 0 saturated heterocycles. The van der Waals surface area contributed by atoms with Crippen LogP contribution in [0.15, 0.2) is 44.6 Å². The van der Waals surface area contributed by atoms with E-state index in [1.54, 1.807) is 6.07 Å². The zero-order valence-corrected chi connectivity index (χ0v) is 19.6. The molecule has 4 rings (SSSR count). The summed E-state index contributed by atoms with van der Waals surface area (Å²) in [6.07, 6.45) is 2.68. The molecule has 35 heavy (non-hydrogen) atoms. The van der Waals surface area contributed by atoms with E-state index >= 15 is 0 Å². The third-order valence-corrected chi connectivity index (χ3v) is 6.34. The minimum absolute atomic E-state index is 0.0489. The van der Waals surface area contributed by atoms with Crippen molar-refractivity contribution in [3.05, 3.63) is 63.2 Å². The van der Waals surface area contributed by atoms with E-state index in [0.717, 1.165) is 16.5 Å². The minimum atomic E-state index is -0.560. The van der Waals surface area contributed by atoms with Gasteiger partial charge in [0.15, 0.2) is 11.6 Å². The minimum Gasteiger partial charge on any atom is -0.454 e. The van der Waals surface area contributed by atoms with Gasteiger partial charge in [0.1, 0.15) is 28.6 Å². The van der Waals surface area contributed by atoms with Crippen molar-refractivity contribution in [2.75, 3.05) is 11.5 Å². The van der Waals surface area contributed by atoms with Crippen LogP contribution in [0.2, 0.25) is 0 Å². The predicted molar refractivity (Wildman–Crippen MR) is 134 cm³/mol. The molecule has 6 N–H and O–H groups in total. The number of nitrogens with two attached hydrogens (primary N) is 2. The molecule has 0 radical (unpaired) electrons. The first-order valence-corrected chi connectivity index (χ1v) is 11.3. The highest BCUT2D eigenvalue weighted by Gasteiger charge is 2.28. The number of aromatic amines is 1. The molecule has 1 aliphatic rings. The fourth-order valence-electron chi connectivity index (χ4n) is 4.38. The maximum atomic E-state index is 12.3. The topological polar surface area (TPSA) is 176 Å². The average Bonchev–Trinajstić information content (AvgIpc) is 3.17. The molecule has 1 fully saturated rings. The molecular weight excluding hydrogens is 446 g/mol. The van der Waals surface area contributed by atoms with Crippen molar-refractivity contribution >= 4 is 34.1 Å². The Balaban J connectivity index is 1.72. The third-order valence-electron chi connectivity index (χ3n) is 6.34. The maximum absolute atomic E-state index is 12.3. The van der Waals surface area contributed by atoms with Crippen molar-refractivity contribution in [2.24, 2.45) is 4.99 Å². The van der Waals surface area contributed by atoms with Gasteiger partial charge in [0.2, 0.25) is 0 Å². The number of amides is 1. The smallest absolute Gasteiger partial charge is 0.288 e. The van der Waals surface area contributed by atoms with Gasteiger partial charge in [-0.3, -0.25) is 14.6 Å². The Morgan fingerprint density at radius 2 is 2.00 bits per heavy atom. The Labute approximate surface area is 201 Å². The van der Waals surface area contributed by atoms with Crippen LogP contribution in [0, 0.1) is 25.2 Å². The summed E-state index contributed by atoms with van der Waals surface area (Å²) < 4.78 is 6.20. The van der Waals surface area contributed by atoms with Crippen LogP contribution in [0.3, 0.4) is 0 Å². The number of benzene rings is 1.